The highest BCUT2D eigenvalue weighted by Gasteiger charge is 2.00. The molecular formula is C17H27FIN3O2. The van der Waals surface area contributed by atoms with Crippen molar-refractivity contribution < 1.29 is 13.9 Å². The number of carbonyl (C=O) groups is 1. The van der Waals surface area contributed by atoms with Crippen LogP contribution in [0.15, 0.2) is 29.3 Å². The molecule has 1 aromatic rings. The summed E-state index contributed by atoms with van der Waals surface area (Å²) in [7, 11) is 3.13. The fourth-order valence-electron chi connectivity index (χ4n) is 2.08. The van der Waals surface area contributed by atoms with Crippen LogP contribution in [0.5, 0.6) is 0 Å². The first-order valence-electron chi connectivity index (χ1n) is 7.91. The van der Waals surface area contributed by atoms with Gasteiger partial charge in [0.15, 0.2) is 5.96 Å². The fraction of sp³-hybridized carbons (Fsp3) is 0.529. The highest BCUT2D eigenvalue weighted by Crippen LogP contribution is 2.03. The van der Waals surface area contributed by atoms with Crippen molar-refractivity contribution in [1.29, 1.82) is 0 Å². The van der Waals surface area contributed by atoms with Gasteiger partial charge in [0.1, 0.15) is 5.82 Å². The molecular weight excluding hydrogens is 424 g/mol. The zero-order valence-corrected chi connectivity index (χ0v) is 16.6. The molecule has 0 heterocycles. The smallest absolute Gasteiger partial charge is 0.305 e. The number of methoxy groups -OCH3 is 1. The van der Waals surface area contributed by atoms with Gasteiger partial charge in [0.05, 0.1) is 7.11 Å². The number of nitrogens with one attached hydrogen (secondary N) is 2. The molecule has 0 radical (unpaired) electrons. The van der Waals surface area contributed by atoms with Crippen LogP contribution in [0.25, 0.3) is 0 Å². The van der Waals surface area contributed by atoms with Gasteiger partial charge >= 0.3 is 5.97 Å². The van der Waals surface area contributed by atoms with E-state index in [1.165, 1.54) is 19.2 Å². The molecule has 0 fully saturated rings. The average Bonchev–Trinajstić information content (AvgIpc) is 2.57. The normalized spacial score (nSPS) is 10.7. The standard InChI is InChI=1S/C17H26FN3O2.HI/c1-19-17(20-12-5-3-4-6-16(22)23-2)21-13-11-14-7-9-15(18)10-8-14;/h7-10H,3-6,11-13H2,1-2H3,(H2,19,20,21);1H. The molecule has 0 atom stereocenters. The molecule has 0 aromatic heterocycles. The van der Waals surface area contributed by atoms with Crippen LogP contribution in [0.1, 0.15) is 31.2 Å². The van der Waals surface area contributed by atoms with Crippen molar-refractivity contribution in [3.63, 3.8) is 0 Å². The first-order valence-corrected chi connectivity index (χ1v) is 7.91. The third-order valence-electron chi connectivity index (χ3n) is 3.42. The quantitative estimate of drug-likeness (QED) is 0.199. The maximum absolute atomic E-state index is 12.8. The number of guanidine groups is 1. The number of esters is 1. The molecule has 0 aliphatic heterocycles. The summed E-state index contributed by atoms with van der Waals surface area (Å²) in [6, 6.07) is 6.51. The summed E-state index contributed by atoms with van der Waals surface area (Å²) in [4.78, 5) is 15.1. The lowest BCUT2D eigenvalue weighted by Crippen LogP contribution is -2.38. The first-order chi connectivity index (χ1) is 11.2. The van der Waals surface area contributed by atoms with E-state index >= 15 is 0 Å². The van der Waals surface area contributed by atoms with Gasteiger partial charge in [-0.25, -0.2) is 4.39 Å². The van der Waals surface area contributed by atoms with E-state index in [2.05, 4.69) is 20.4 Å². The summed E-state index contributed by atoms with van der Waals surface area (Å²) in [5.41, 5.74) is 1.08. The molecule has 0 unspecified atom stereocenters. The molecule has 2 N–H and O–H groups in total. The van der Waals surface area contributed by atoms with Crippen molar-refractivity contribution in [2.75, 3.05) is 27.2 Å². The first kappa shape index (κ1) is 22.6. The van der Waals surface area contributed by atoms with Crippen LogP contribution in [-0.4, -0.2) is 39.2 Å². The Kier molecular flexibility index (Phi) is 13.2. The van der Waals surface area contributed by atoms with Gasteiger partial charge in [0.2, 0.25) is 0 Å². The Morgan fingerprint density at radius 3 is 2.42 bits per heavy atom. The lowest BCUT2D eigenvalue weighted by atomic mass is 10.1. The Bertz CT molecular complexity index is 495. The predicted octanol–water partition coefficient (Wildman–Crippen LogP) is 2.88. The van der Waals surface area contributed by atoms with Gasteiger partial charge in [0, 0.05) is 26.6 Å². The van der Waals surface area contributed by atoms with Gasteiger partial charge in [-0.15, -0.1) is 24.0 Å². The highest BCUT2D eigenvalue weighted by atomic mass is 127. The molecule has 136 valence electrons. The van der Waals surface area contributed by atoms with Gasteiger partial charge in [-0.3, -0.25) is 9.79 Å². The van der Waals surface area contributed by atoms with Crippen molar-refractivity contribution >= 4 is 35.9 Å². The zero-order valence-electron chi connectivity index (χ0n) is 14.3. The monoisotopic (exact) mass is 451 g/mol. The number of nitrogens with zero attached hydrogens (tertiary/aromatic N) is 1. The Hall–Kier alpha value is -1.38. The van der Waals surface area contributed by atoms with Gasteiger partial charge in [-0.05, 0) is 37.0 Å². The van der Waals surface area contributed by atoms with Crippen molar-refractivity contribution in [2.45, 2.75) is 32.1 Å². The molecule has 0 aliphatic rings. The molecule has 0 amide bonds. The molecule has 0 bridgehead atoms. The molecule has 0 spiro atoms. The second-order valence-corrected chi connectivity index (χ2v) is 5.19. The Balaban J connectivity index is 0.00000529. The molecule has 0 saturated heterocycles. The number of benzene rings is 1. The highest BCUT2D eigenvalue weighted by molar-refractivity contribution is 14.0. The van der Waals surface area contributed by atoms with E-state index in [9.17, 15) is 9.18 Å². The summed E-state index contributed by atoms with van der Waals surface area (Å²) in [6.45, 7) is 1.53. The molecule has 7 heteroatoms. The molecule has 0 saturated carbocycles. The van der Waals surface area contributed by atoms with Crippen molar-refractivity contribution in [3.05, 3.63) is 35.6 Å². The molecule has 24 heavy (non-hydrogen) atoms. The summed E-state index contributed by atoms with van der Waals surface area (Å²) in [5, 5.41) is 6.45. The Labute approximate surface area is 160 Å². The summed E-state index contributed by atoms with van der Waals surface area (Å²) >= 11 is 0. The molecule has 5 nitrogen and oxygen atoms in total. The number of unbranched alkanes of at least 4 members (excludes halogenated alkanes) is 2. The van der Waals surface area contributed by atoms with Gasteiger partial charge in [-0.2, -0.15) is 0 Å². The number of ether oxygens (including phenoxy) is 1. The maximum Gasteiger partial charge on any atom is 0.305 e. The van der Waals surface area contributed by atoms with Crippen LogP contribution >= 0.6 is 24.0 Å². The Morgan fingerprint density at radius 2 is 1.79 bits per heavy atom. The number of hydrogen-bond donors (Lipinski definition) is 2. The number of halogens is 2. The van der Waals surface area contributed by atoms with Gasteiger partial charge < -0.3 is 15.4 Å². The van der Waals surface area contributed by atoms with E-state index in [-0.39, 0.29) is 35.8 Å². The van der Waals surface area contributed by atoms with Gasteiger partial charge in [-0.1, -0.05) is 18.6 Å². The summed E-state index contributed by atoms with van der Waals surface area (Å²) in [5.74, 6) is 0.377. The van der Waals surface area contributed by atoms with E-state index in [0.717, 1.165) is 50.3 Å². The third kappa shape index (κ3) is 10.4. The van der Waals surface area contributed by atoms with E-state index in [1.54, 1.807) is 19.2 Å². The van der Waals surface area contributed by atoms with Crippen LogP contribution in [-0.2, 0) is 16.0 Å². The minimum atomic E-state index is -0.216. The number of hydrogen-bond acceptors (Lipinski definition) is 3. The molecule has 1 aromatic carbocycles. The summed E-state index contributed by atoms with van der Waals surface area (Å²) in [6.07, 6.45) is 4.05. The zero-order chi connectivity index (χ0) is 16.9. The number of aliphatic imine (C=N–C) groups is 1. The lowest BCUT2D eigenvalue weighted by molar-refractivity contribution is -0.140. The van der Waals surface area contributed by atoms with E-state index < -0.39 is 0 Å². The predicted molar refractivity (Wildman–Crippen MR) is 105 cm³/mol. The third-order valence-corrected chi connectivity index (χ3v) is 3.42. The molecule has 1 rings (SSSR count). The second kappa shape index (κ2) is 14.0. The van der Waals surface area contributed by atoms with E-state index in [0.29, 0.717) is 6.42 Å². The van der Waals surface area contributed by atoms with E-state index in [1.807, 2.05) is 0 Å². The van der Waals surface area contributed by atoms with Crippen molar-refractivity contribution in [3.8, 4) is 0 Å². The minimum Gasteiger partial charge on any atom is -0.469 e. The van der Waals surface area contributed by atoms with Crippen molar-refractivity contribution in [2.24, 2.45) is 4.99 Å². The lowest BCUT2D eigenvalue weighted by Gasteiger charge is -2.11. The fourth-order valence-corrected chi connectivity index (χ4v) is 2.08. The number of rotatable bonds is 9. The van der Waals surface area contributed by atoms with Crippen LogP contribution in [0.4, 0.5) is 4.39 Å². The Morgan fingerprint density at radius 1 is 1.12 bits per heavy atom. The van der Waals surface area contributed by atoms with Crippen LogP contribution < -0.4 is 10.6 Å². The van der Waals surface area contributed by atoms with Crippen LogP contribution in [0, 0.1) is 5.82 Å². The minimum absolute atomic E-state index is 0. The topological polar surface area (TPSA) is 62.7 Å². The van der Waals surface area contributed by atoms with Crippen LogP contribution in [0.2, 0.25) is 0 Å². The summed E-state index contributed by atoms with van der Waals surface area (Å²) < 4.78 is 17.4. The van der Waals surface area contributed by atoms with Crippen LogP contribution in [0.3, 0.4) is 0 Å². The van der Waals surface area contributed by atoms with Gasteiger partial charge in [0.25, 0.3) is 0 Å². The maximum atomic E-state index is 12.8. The van der Waals surface area contributed by atoms with Crippen molar-refractivity contribution in [1.82, 2.24) is 10.6 Å². The largest absolute Gasteiger partial charge is 0.469 e. The number of carbonyl (C=O) groups excluding carboxylic acids is 1. The average molecular weight is 451 g/mol. The second-order valence-electron chi connectivity index (χ2n) is 5.19. The van der Waals surface area contributed by atoms with E-state index in [4.69, 9.17) is 0 Å². The SMILES string of the molecule is CN=C(NCCCCCC(=O)OC)NCCc1ccc(F)cc1.I. The molecule has 0 aliphatic carbocycles.